The minimum Gasteiger partial charge on any atom is -0.480 e. The molecule has 0 amide bonds. The molecule has 1 unspecified atom stereocenters. The molecule has 1 saturated carbocycles. The molecule has 1 aromatic carbocycles. The van der Waals surface area contributed by atoms with Crippen LogP contribution in [0.4, 0.5) is 0 Å². The van der Waals surface area contributed by atoms with E-state index in [0.717, 1.165) is 30.6 Å². The van der Waals surface area contributed by atoms with Gasteiger partial charge in [0.25, 0.3) is 0 Å². The molecule has 0 saturated heterocycles. The number of hydrogen-bond acceptors (Lipinski definition) is 3. The van der Waals surface area contributed by atoms with Crippen molar-refractivity contribution in [2.75, 3.05) is 11.5 Å². The van der Waals surface area contributed by atoms with Gasteiger partial charge in [0.2, 0.25) is 0 Å². The Balaban J connectivity index is 2.13. The summed E-state index contributed by atoms with van der Waals surface area (Å²) < 4.78 is 0. The molecule has 4 heteroatoms. The largest absolute Gasteiger partial charge is 0.480 e. The fourth-order valence-electron chi connectivity index (χ4n) is 2.30. The van der Waals surface area contributed by atoms with Crippen molar-refractivity contribution >= 4 is 17.7 Å². The molecule has 0 spiro atoms. The molecule has 0 bridgehead atoms. The van der Waals surface area contributed by atoms with Crippen LogP contribution in [0.1, 0.15) is 38.7 Å². The summed E-state index contributed by atoms with van der Waals surface area (Å²) in [5.74, 6) is 1.48. The van der Waals surface area contributed by atoms with E-state index in [4.69, 9.17) is 0 Å². The van der Waals surface area contributed by atoms with Crippen LogP contribution in [-0.2, 0) is 10.3 Å². The molecular weight excluding hydrogens is 282 g/mol. The van der Waals surface area contributed by atoms with Crippen molar-refractivity contribution in [1.29, 1.82) is 0 Å². The molecule has 0 aliphatic heterocycles. The van der Waals surface area contributed by atoms with Gasteiger partial charge in [-0.05, 0) is 36.5 Å². The molecule has 1 aliphatic carbocycles. The second-order valence-electron chi connectivity index (χ2n) is 6.23. The van der Waals surface area contributed by atoms with Gasteiger partial charge in [0.05, 0.1) is 0 Å². The fraction of sp³-hybridized carbons (Fsp3) is 0.588. The second kappa shape index (κ2) is 7.32. The van der Waals surface area contributed by atoms with Crippen LogP contribution in [0.15, 0.2) is 30.3 Å². The van der Waals surface area contributed by atoms with Crippen LogP contribution in [0.3, 0.4) is 0 Å². The van der Waals surface area contributed by atoms with E-state index < -0.39 is 11.5 Å². The molecule has 1 fully saturated rings. The average Bonchev–Trinajstić information content (AvgIpc) is 3.26. The number of thioether (sulfide) groups is 1. The van der Waals surface area contributed by atoms with Crippen molar-refractivity contribution in [3.63, 3.8) is 0 Å². The maximum Gasteiger partial charge on any atom is 0.329 e. The van der Waals surface area contributed by atoms with Gasteiger partial charge in [-0.25, -0.2) is 4.79 Å². The van der Waals surface area contributed by atoms with E-state index in [-0.39, 0.29) is 0 Å². The monoisotopic (exact) mass is 307 g/mol. The Labute approximate surface area is 131 Å². The lowest BCUT2D eigenvalue weighted by Crippen LogP contribution is -2.52. The first-order valence-electron chi connectivity index (χ1n) is 7.69. The molecular formula is C17H25NO2S. The number of aliphatic carboxylic acids is 1. The fourth-order valence-corrected chi connectivity index (χ4v) is 3.76. The van der Waals surface area contributed by atoms with Crippen molar-refractivity contribution in [3.05, 3.63) is 35.9 Å². The maximum atomic E-state index is 12.0. The first kappa shape index (κ1) is 16.4. The van der Waals surface area contributed by atoms with Gasteiger partial charge in [-0.15, -0.1) is 0 Å². The summed E-state index contributed by atoms with van der Waals surface area (Å²) in [6.07, 6.45) is 3.29. The van der Waals surface area contributed by atoms with Gasteiger partial charge in [0.15, 0.2) is 5.54 Å². The van der Waals surface area contributed by atoms with Crippen LogP contribution in [0, 0.1) is 5.92 Å². The zero-order chi connectivity index (χ0) is 15.3. The summed E-state index contributed by atoms with van der Waals surface area (Å²) in [6, 6.07) is 9.96. The minimum absolute atomic E-state index is 0.354. The topological polar surface area (TPSA) is 49.3 Å². The van der Waals surface area contributed by atoms with Crippen LogP contribution >= 0.6 is 11.8 Å². The summed E-state index contributed by atoms with van der Waals surface area (Å²) >= 11 is 1.74. The molecule has 2 rings (SSSR count). The van der Waals surface area contributed by atoms with E-state index in [2.05, 4.69) is 19.2 Å². The Bertz CT molecular complexity index is 459. The number of hydrogen-bond donors (Lipinski definition) is 2. The Morgan fingerprint density at radius 2 is 2.05 bits per heavy atom. The third kappa shape index (κ3) is 4.48. The smallest absolute Gasteiger partial charge is 0.329 e. The van der Waals surface area contributed by atoms with Gasteiger partial charge in [0.1, 0.15) is 0 Å². The second-order valence-corrected chi connectivity index (χ2v) is 7.34. The summed E-state index contributed by atoms with van der Waals surface area (Å²) in [5, 5.41) is 13.3. The molecule has 0 radical (unpaired) electrons. The van der Waals surface area contributed by atoms with Gasteiger partial charge in [-0.1, -0.05) is 44.2 Å². The zero-order valence-electron chi connectivity index (χ0n) is 12.8. The van der Waals surface area contributed by atoms with Crippen molar-refractivity contribution < 1.29 is 9.90 Å². The Hall–Kier alpha value is -1.00. The lowest BCUT2D eigenvalue weighted by atomic mass is 9.91. The number of rotatable bonds is 9. The molecule has 0 aromatic heterocycles. The lowest BCUT2D eigenvalue weighted by molar-refractivity contribution is -0.144. The predicted molar refractivity (Wildman–Crippen MR) is 88.7 cm³/mol. The highest BCUT2D eigenvalue weighted by molar-refractivity contribution is 7.99. The molecule has 2 N–H and O–H groups in total. The molecule has 0 heterocycles. The first-order chi connectivity index (χ1) is 10.0. The third-order valence-electron chi connectivity index (χ3n) is 3.82. The van der Waals surface area contributed by atoms with Gasteiger partial charge in [-0.3, -0.25) is 5.32 Å². The van der Waals surface area contributed by atoms with E-state index in [1.165, 1.54) is 0 Å². The van der Waals surface area contributed by atoms with Crippen LogP contribution in [-0.4, -0.2) is 28.6 Å². The highest BCUT2D eigenvalue weighted by Crippen LogP contribution is 2.32. The van der Waals surface area contributed by atoms with Gasteiger partial charge >= 0.3 is 5.97 Å². The predicted octanol–water partition coefficient (Wildman–Crippen LogP) is 3.50. The quantitative estimate of drug-likeness (QED) is 0.686. The minimum atomic E-state index is -0.954. The van der Waals surface area contributed by atoms with Crippen LogP contribution in [0.5, 0.6) is 0 Å². The molecule has 3 nitrogen and oxygen atoms in total. The normalized spacial score (nSPS) is 17.7. The summed E-state index contributed by atoms with van der Waals surface area (Å²) in [4.78, 5) is 12.0. The number of carbonyl (C=O) groups is 1. The SMILES string of the molecule is CC(C)CCSCC(NC1CC1)(C(=O)O)c1ccccc1. The van der Waals surface area contributed by atoms with Crippen molar-refractivity contribution in [2.24, 2.45) is 5.92 Å². The zero-order valence-corrected chi connectivity index (χ0v) is 13.7. The number of carboxylic acid groups (broad SMARTS) is 1. The first-order valence-corrected chi connectivity index (χ1v) is 8.84. The van der Waals surface area contributed by atoms with Crippen LogP contribution in [0.25, 0.3) is 0 Å². The standard InChI is InChI=1S/C17H25NO2S/c1-13(2)10-11-21-12-17(16(19)20,18-15-8-9-15)14-6-4-3-5-7-14/h3-7,13,15,18H,8-12H2,1-2H3,(H,19,20). The Morgan fingerprint density at radius 1 is 1.38 bits per heavy atom. The average molecular weight is 307 g/mol. The molecule has 21 heavy (non-hydrogen) atoms. The highest BCUT2D eigenvalue weighted by Gasteiger charge is 2.44. The third-order valence-corrected chi connectivity index (χ3v) is 4.98. The van der Waals surface area contributed by atoms with Gasteiger partial charge < -0.3 is 5.11 Å². The van der Waals surface area contributed by atoms with Crippen LogP contribution in [0.2, 0.25) is 0 Å². The molecule has 1 atom stereocenters. The van der Waals surface area contributed by atoms with Gasteiger partial charge in [0, 0.05) is 11.8 Å². The highest BCUT2D eigenvalue weighted by atomic mass is 32.2. The Morgan fingerprint density at radius 3 is 2.57 bits per heavy atom. The van der Waals surface area contributed by atoms with E-state index in [1.807, 2.05) is 30.3 Å². The number of benzene rings is 1. The summed E-state index contributed by atoms with van der Waals surface area (Å²) in [5.41, 5.74) is -0.0918. The molecule has 116 valence electrons. The van der Waals surface area contributed by atoms with Gasteiger partial charge in [-0.2, -0.15) is 11.8 Å². The Kier molecular flexibility index (Phi) is 5.71. The summed E-state index contributed by atoms with van der Waals surface area (Å²) in [7, 11) is 0. The van der Waals surface area contributed by atoms with Crippen molar-refractivity contribution in [1.82, 2.24) is 5.32 Å². The summed E-state index contributed by atoms with van der Waals surface area (Å²) in [6.45, 7) is 4.40. The number of carboxylic acids is 1. The van der Waals surface area contributed by atoms with E-state index in [1.54, 1.807) is 11.8 Å². The van der Waals surface area contributed by atoms with E-state index >= 15 is 0 Å². The van der Waals surface area contributed by atoms with Crippen molar-refractivity contribution in [3.8, 4) is 0 Å². The molecule has 1 aliphatic rings. The van der Waals surface area contributed by atoms with E-state index in [9.17, 15) is 9.90 Å². The molecule has 1 aromatic rings. The maximum absolute atomic E-state index is 12.0. The number of nitrogens with one attached hydrogen (secondary N) is 1. The van der Waals surface area contributed by atoms with E-state index in [0.29, 0.717) is 17.7 Å². The van der Waals surface area contributed by atoms with Crippen molar-refractivity contribution in [2.45, 2.75) is 44.7 Å². The lowest BCUT2D eigenvalue weighted by Gasteiger charge is -2.31. The van der Waals surface area contributed by atoms with Crippen LogP contribution < -0.4 is 5.32 Å².